The van der Waals surface area contributed by atoms with E-state index in [1.165, 1.54) is 0 Å². The van der Waals surface area contributed by atoms with E-state index in [4.69, 9.17) is 22.1 Å². The summed E-state index contributed by atoms with van der Waals surface area (Å²) in [5.74, 6) is 0.805. The van der Waals surface area contributed by atoms with Gasteiger partial charge in [0, 0.05) is 24.0 Å². The van der Waals surface area contributed by atoms with Crippen molar-refractivity contribution in [3.8, 4) is 5.75 Å². The Labute approximate surface area is 118 Å². The molecule has 0 aliphatic rings. The number of nitrogens with two attached hydrogens (primary N) is 1. The molecule has 0 spiro atoms. The van der Waals surface area contributed by atoms with Crippen LogP contribution >= 0.6 is 11.6 Å². The molecule has 0 aliphatic heterocycles. The van der Waals surface area contributed by atoms with E-state index in [0.29, 0.717) is 11.6 Å². The minimum absolute atomic E-state index is 0.0868. The molecule has 0 saturated heterocycles. The highest BCUT2D eigenvalue weighted by molar-refractivity contribution is 6.31. The average molecular weight is 277 g/mol. The van der Waals surface area contributed by atoms with Gasteiger partial charge >= 0.3 is 0 Å². The van der Waals surface area contributed by atoms with Gasteiger partial charge in [0.15, 0.2) is 0 Å². The van der Waals surface area contributed by atoms with E-state index in [-0.39, 0.29) is 6.04 Å². The van der Waals surface area contributed by atoms with Crippen LogP contribution in [0.1, 0.15) is 30.5 Å². The first kappa shape index (κ1) is 13.8. The number of benzene rings is 1. The lowest BCUT2D eigenvalue weighted by atomic mass is 10.1. The number of pyridine rings is 1. The molecule has 0 aliphatic carbocycles. The maximum absolute atomic E-state index is 6.02. The summed E-state index contributed by atoms with van der Waals surface area (Å²) >= 11 is 6.02. The van der Waals surface area contributed by atoms with Gasteiger partial charge in [0.05, 0.1) is 5.02 Å². The summed E-state index contributed by atoms with van der Waals surface area (Å²) < 4.78 is 5.69. The molecule has 0 unspecified atom stereocenters. The molecule has 2 rings (SSSR count). The predicted molar refractivity (Wildman–Crippen MR) is 77.2 cm³/mol. The number of nitrogens with zero attached hydrogens (tertiary/aromatic N) is 1. The number of aromatic nitrogens is 1. The smallest absolute Gasteiger partial charge is 0.119 e. The number of halogens is 1. The first-order chi connectivity index (χ1) is 9.20. The van der Waals surface area contributed by atoms with Gasteiger partial charge in [0.25, 0.3) is 0 Å². The highest BCUT2D eigenvalue weighted by atomic mass is 35.5. The van der Waals surface area contributed by atoms with Gasteiger partial charge in [-0.3, -0.25) is 4.98 Å². The SMILES string of the molecule is CC[C@H](N)c1ccc(OCc2ccncc2Cl)cc1. The molecule has 0 bridgehead atoms. The van der Waals surface area contributed by atoms with Crippen LogP contribution in [0.2, 0.25) is 5.02 Å². The Balaban J connectivity index is 1.99. The zero-order valence-electron chi connectivity index (χ0n) is 10.8. The molecule has 3 nitrogen and oxygen atoms in total. The summed E-state index contributed by atoms with van der Waals surface area (Å²) in [6.07, 6.45) is 4.24. The van der Waals surface area contributed by atoms with Gasteiger partial charge in [-0.2, -0.15) is 0 Å². The summed E-state index contributed by atoms with van der Waals surface area (Å²) in [6, 6.07) is 9.79. The van der Waals surface area contributed by atoms with Crippen molar-refractivity contribution in [2.24, 2.45) is 5.73 Å². The average Bonchev–Trinajstić information content (AvgIpc) is 2.46. The van der Waals surface area contributed by atoms with Crippen LogP contribution in [0.5, 0.6) is 5.75 Å². The summed E-state index contributed by atoms with van der Waals surface area (Å²) in [4.78, 5) is 3.94. The van der Waals surface area contributed by atoms with Crippen molar-refractivity contribution in [2.45, 2.75) is 26.0 Å². The quantitative estimate of drug-likeness (QED) is 0.905. The van der Waals surface area contributed by atoms with E-state index in [2.05, 4.69) is 11.9 Å². The van der Waals surface area contributed by atoms with E-state index in [1.807, 2.05) is 30.3 Å². The molecule has 1 atom stereocenters. The fourth-order valence-electron chi connectivity index (χ4n) is 1.73. The normalized spacial score (nSPS) is 12.2. The predicted octanol–water partition coefficient (Wildman–Crippen LogP) is 3.72. The maximum Gasteiger partial charge on any atom is 0.119 e. The number of ether oxygens (including phenoxy) is 1. The van der Waals surface area contributed by atoms with Crippen molar-refractivity contribution in [1.82, 2.24) is 4.98 Å². The van der Waals surface area contributed by atoms with E-state index >= 15 is 0 Å². The van der Waals surface area contributed by atoms with Crippen molar-refractivity contribution in [2.75, 3.05) is 0 Å². The molecule has 2 aromatic rings. The van der Waals surface area contributed by atoms with Gasteiger partial charge in [-0.1, -0.05) is 30.7 Å². The van der Waals surface area contributed by atoms with Crippen LogP contribution < -0.4 is 10.5 Å². The Hall–Kier alpha value is -1.58. The molecule has 0 fully saturated rings. The summed E-state index contributed by atoms with van der Waals surface area (Å²) in [7, 11) is 0. The lowest BCUT2D eigenvalue weighted by Gasteiger charge is -2.11. The Morgan fingerprint density at radius 1 is 1.26 bits per heavy atom. The number of hydrogen-bond acceptors (Lipinski definition) is 3. The van der Waals surface area contributed by atoms with E-state index in [1.54, 1.807) is 12.4 Å². The van der Waals surface area contributed by atoms with Crippen molar-refractivity contribution < 1.29 is 4.74 Å². The van der Waals surface area contributed by atoms with Gasteiger partial charge < -0.3 is 10.5 Å². The Kier molecular flexibility index (Phi) is 4.77. The van der Waals surface area contributed by atoms with Gasteiger partial charge in [-0.05, 0) is 30.2 Å². The van der Waals surface area contributed by atoms with E-state index < -0.39 is 0 Å². The molecule has 0 saturated carbocycles. The largest absolute Gasteiger partial charge is 0.489 e. The zero-order valence-corrected chi connectivity index (χ0v) is 11.6. The lowest BCUT2D eigenvalue weighted by Crippen LogP contribution is -2.08. The third kappa shape index (κ3) is 3.69. The van der Waals surface area contributed by atoms with Crippen LogP contribution in [0.4, 0.5) is 0 Å². The minimum atomic E-state index is 0.0868. The monoisotopic (exact) mass is 276 g/mol. The highest BCUT2D eigenvalue weighted by Crippen LogP contribution is 2.20. The van der Waals surface area contributed by atoms with Crippen LogP contribution in [-0.4, -0.2) is 4.98 Å². The molecule has 1 aromatic carbocycles. The number of hydrogen-bond donors (Lipinski definition) is 1. The summed E-state index contributed by atoms with van der Waals surface area (Å²) in [5, 5.41) is 0.618. The molecular formula is C15H17ClN2O. The molecule has 19 heavy (non-hydrogen) atoms. The lowest BCUT2D eigenvalue weighted by molar-refractivity contribution is 0.306. The Morgan fingerprint density at radius 3 is 2.63 bits per heavy atom. The van der Waals surface area contributed by atoms with Crippen LogP contribution in [0.25, 0.3) is 0 Å². The molecule has 1 aromatic heterocycles. The van der Waals surface area contributed by atoms with E-state index in [0.717, 1.165) is 23.3 Å². The second-order valence-corrected chi connectivity index (χ2v) is 4.75. The third-order valence-corrected chi connectivity index (χ3v) is 3.34. The zero-order chi connectivity index (χ0) is 13.7. The maximum atomic E-state index is 6.02. The molecule has 100 valence electrons. The van der Waals surface area contributed by atoms with Crippen molar-refractivity contribution in [3.05, 3.63) is 58.9 Å². The summed E-state index contributed by atoms with van der Waals surface area (Å²) in [6.45, 7) is 2.50. The standard InChI is InChI=1S/C15H17ClN2O/c1-2-15(17)11-3-5-13(6-4-11)19-10-12-7-8-18-9-14(12)16/h3-9,15H,2,10,17H2,1H3/t15-/m0/s1. The molecule has 1 heterocycles. The topological polar surface area (TPSA) is 48.1 Å². The second-order valence-electron chi connectivity index (χ2n) is 4.34. The Bertz CT molecular complexity index is 528. The molecule has 2 N–H and O–H groups in total. The van der Waals surface area contributed by atoms with E-state index in [9.17, 15) is 0 Å². The van der Waals surface area contributed by atoms with Crippen LogP contribution in [0.3, 0.4) is 0 Å². The second kappa shape index (κ2) is 6.55. The molecule has 0 radical (unpaired) electrons. The van der Waals surface area contributed by atoms with Crippen LogP contribution in [-0.2, 0) is 6.61 Å². The summed E-state index contributed by atoms with van der Waals surface area (Å²) in [5.41, 5.74) is 8.01. The molecular weight excluding hydrogens is 260 g/mol. The van der Waals surface area contributed by atoms with Crippen molar-refractivity contribution in [3.63, 3.8) is 0 Å². The first-order valence-corrected chi connectivity index (χ1v) is 6.65. The highest BCUT2D eigenvalue weighted by Gasteiger charge is 2.04. The minimum Gasteiger partial charge on any atom is -0.489 e. The number of rotatable bonds is 5. The van der Waals surface area contributed by atoms with Crippen LogP contribution in [0, 0.1) is 0 Å². The van der Waals surface area contributed by atoms with Gasteiger partial charge in [-0.15, -0.1) is 0 Å². The third-order valence-electron chi connectivity index (χ3n) is 3.00. The first-order valence-electron chi connectivity index (χ1n) is 6.27. The van der Waals surface area contributed by atoms with Gasteiger partial charge in [-0.25, -0.2) is 0 Å². The Morgan fingerprint density at radius 2 is 2.00 bits per heavy atom. The van der Waals surface area contributed by atoms with Crippen molar-refractivity contribution >= 4 is 11.6 Å². The van der Waals surface area contributed by atoms with Crippen LogP contribution in [0.15, 0.2) is 42.7 Å². The van der Waals surface area contributed by atoms with Crippen molar-refractivity contribution in [1.29, 1.82) is 0 Å². The van der Waals surface area contributed by atoms with Gasteiger partial charge in [0.2, 0.25) is 0 Å². The molecule has 4 heteroatoms. The molecule has 0 amide bonds. The van der Waals surface area contributed by atoms with Gasteiger partial charge in [0.1, 0.15) is 12.4 Å². The fourth-order valence-corrected chi connectivity index (χ4v) is 1.90. The fraction of sp³-hybridized carbons (Fsp3) is 0.267.